The number of likely N-dealkylation sites (tertiary alicyclic amines) is 1. The van der Waals surface area contributed by atoms with Crippen molar-refractivity contribution in [2.45, 2.75) is 38.5 Å². The van der Waals surface area contributed by atoms with E-state index in [1.165, 1.54) is 24.5 Å². The van der Waals surface area contributed by atoms with Crippen LogP contribution in [0.15, 0.2) is 36.5 Å². The molecule has 1 aliphatic heterocycles. The second-order valence-corrected chi connectivity index (χ2v) is 8.01. The van der Waals surface area contributed by atoms with Gasteiger partial charge in [0.25, 0.3) is 0 Å². The highest BCUT2D eigenvalue weighted by Gasteiger charge is 2.23. The molecular weight excluding hydrogens is 400 g/mol. The van der Waals surface area contributed by atoms with Gasteiger partial charge in [-0.2, -0.15) is 0 Å². The lowest BCUT2D eigenvalue weighted by molar-refractivity contribution is 0.210. The predicted molar refractivity (Wildman–Crippen MR) is 118 cm³/mol. The Morgan fingerprint density at radius 1 is 1.16 bits per heavy atom. The van der Waals surface area contributed by atoms with Crippen LogP contribution in [0, 0.1) is 11.6 Å². The normalized spacial score (nSPS) is 15.3. The van der Waals surface area contributed by atoms with Gasteiger partial charge in [0, 0.05) is 18.0 Å². The number of urea groups is 1. The lowest BCUT2D eigenvalue weighted by Gasteiger charge is -2.31. The topological polar surface area (TPSA) is 73.1 Å². The molecule has 8 heteroatoms. The maximum absolute atomic E-state index is 13.3. The number of amides is 2. The van der Waals surface area contributed by atoms with Gasteiger partial charge >= 0.3 is 6.03 Å². The first-order chi connectivity index (χ1) is 15.0. The average molecular weight is 427 g/mol. The molecule has 0 atom stereocenters. The van der Waals surface area contributed by atoms with E-state index in [1.54, 1.807) is 6.07 Å². The van der Waals surface area contributed by atoms with E-state index in [4.69, 9.17) is 0 Å². The summed E-state index contributed by atoms with van der Waals surface area (Å²) < 4.78 is 26.4. The summed E-state index contributed by atoms with van der Waals surface area (Å²) in [5, 5.41) is 5.16. The van der Waals surface area contributed by atoms with Crippen molar-refractivity contribution in [2.75, 3.05) is 30.3 Å². The Morgan fingerprint density at radius 2 is 1.97 bits per heavy atom. The zero-order valence-corrected chi connectivity index (χ0v) is 17.5. The number of benzene rings is 1. The van der Waals surface area contributed by atoms with Crippen molar-refractivity contribution in [1.29, 1.82) is 0 Å². The number of nitrogens with one attached hydrogen (secondary N) is 3. The van der Waals surface area contributed by atoms with Crippen molar-refractivity contribution in [3.63, 3.8) is 0 Å². The maximum Gasteiger partial charge on any atom is 0.324 e. The number of anilines is 2. The number of piperidine rings is 1. The maximum atomic E-state index is 13.3. The molecule has 31 heavy (non-hydrogen) atoms. The third-order valence-electron chi connectivity index (χ3n) is 5.83. The molecule has 0 bridgehead atoms. The molecule has 3 N–H and O–H groups in total. The molecule has 1 saturated heterocycles. The van der Waals surface area contributed by atoms with E-state index < -0.39 is 17.7 Å². The van der Waals surface area contributed by atoms with Crippen molar-refractivity contribution < 1.29 is 13.6 Å². The van der Waals surface area contributed by atoms with Crippen molar-refractivity contribution >= 4 is 28.6 Å². The molecule has 0 aliphatic carbocycles. The van der Waals surface area contributed by atoms with E-state index in [1.807, 2.05) is 12.3 Å². The van der Waals surface area contributed by atoms with Gasteiger partial charge in [0.1, 0.15) is 5.82 Å². The van der Waals surface area contributed by atoms with Crippen LogP contribution in [0.4, 0.5) is 25.1 Å². The second kappa shape index (κ2) is 9.43. The fourth-order valence-corrected chi connectivity index (χ4v) is 4.10. The number of fused-ring (bicyclic) bond motifs is 1. The number of hydrogen-bond donors (Lipinski definition) is 3. The first kappa shape index (κ1) is 21.2. The number of nitrogens with zero attached hydrogens (tertiary/aromatic N) is 2. The van der Waals surface area contributed by atoms with Gasteiger partial charge in [-0.3, -0.25) is 5.32 Å². The number of unbranched alkanes of at least 4 members (excludes halogenated alkanes) is 1. The molecule has 3 aromatic rings. The van der Waals surface area contributed by atoms with Gasteiger partial charge in [-0.1, -0.05) is 13.3 Å². The fraction of sp³-hybridized carbons (Fsp3) is 0.391. The first-order valence-corrected chi connectivity index (χ1v) is 10.8. The molecule has 164 valence electrons. The van der Waals surface area contributed by atoms with Gasteiger partial charge < -0.3 is 15.2 Å². The van der Waals surface area contributed by atoms with Gasteiger partial charge in [0.15, 0.2) is 11.6 Å². The molecule has 1 fully saturated rings. The highest BCUT2D eigenvalue weighted by molar-refractivity contribution is 5.99. The Labute approximate surface area is 180 Å². The van der Waals surface area contributed by atoms with Crippen molar-refractivity contribution in [1.82, 2.24) is 14.9 Å². The van der Waals surface area contributed by atoms with Crippen molar-refractivity contribution in [3.8, 4) is 0 Å². The van der Waals surface area contributed by atoms with Gasteiger partial charge in [0.05, 0.1) is 11.0 Å². The number of halogens is 2. The fourth-order valence-electron chi connectivity index (χ4n) is 4.10. The predicted octanol–water partition coefficient (Wildman–Crippen LogP) is 5.46. The minimum absolute atomic E-state index is 0.162. The standard InChI is InChI=1S/C23H27F2N5O/c1-2-3-10-30-11-8-15(9-12-30)17-14-26-20-6-7-21(28-22(17)20)29-23(31)27-16-4-5-18(24)19(25)13-16/h4-7,13-15,26H,2-3,8-12H2,1H3,(H2,27,28,29,31). The summed E-state index contributed by atoms with van der Waals surface area (Å²) in [6, 6.07) is 6.22. The molecule has 1 aromatic carbocycles. The number of hydrogen-bond acceptors (Lipinski definition) is 3. The van der Waals surface area contributed by atoms with Crippen LogP contribution in [0.1, 0.15) is 44.1 Å². The van der Waals surface area contributed by atoms with E-state index in [9.17, 15) is 13.6 Å². The summed E-state index contributed by atoms with van der Waals surface area (Å²) in [4.78, 5) is 22.7. The van der Waals surface area contributed by atoms with E-state index >= 15 is 0 Å². The lowest BCUT2D eigenvalue weighted by atomic mass is 9.90. The van der Waals surface area contributed by atoms with Crippen LogP contribution in [0.2, 0.25) is 0 Å². The first-order valence-electron chi connectivity index (χ1n) is 10.8. The van der Waals surface area contributed by atoms with Crippen molar-refractivity contribution in [2.24, 2.45) is 0 Å². The summed E-state index contributed by atoms with van der Waals surface area (Å²) in [5.41, 5.74) is 3.12. The average Bonchev–Trinajstić information content (AvgIpc) is 3.18. The molecule has 2 amide bonds. The van der Waals surface area contributed by atoms with E-state index in [-0.39, 0.29) is 5.69 Å². The molecule has 0 radical (unpaired) electrons. The van der Waals surface area contributed by atoms with Gasteiger partial charge in [0.2, 0.25) is 0 Å². The Morgan fingerprint density at radius 3 is 2.71 bits per heavy atom. The van der Waals surface area contributed by atoms with Gasteiger partial charge in [-0.05, 0) is 74.6 Å². The number of carbonyl (C=O) groups is 1. The van der Waals surface area contributed by atoms with Crippen LogP contribution in [0.25, 0.3) is 11.0 Å². The number of H-pyrrole nitrogens is 1. The van der Waals surface area contributed by atoms with E-state index in [2.05, 4.69) is 32.4 Å². The van der Waals surface area contributed by atoms with E-state index in [0.717, 1.165) is 55.6 Å². The van der Waals surface area contributed by atoms with Gasteiger partial charge in [-0.15, -0.1) is 0 Å². The highest BCUT2D eigenvalue weighted by atomic mass is 19.2. The second-order valence-electron chi connectivity index (χ2n) is 8.01. The van der Waals surface area contributed by atoms with Crippen LogP contribution in [-0.4, -0.2) is 40.5 Å². The Kier molecular flexibility index (Phi) is 6.46. The molecular formula is C23H27F2N5O. The quantitative estimate of drug-likeness (QED) is 0.489. The molecule has 0 spiro atoms. The van der Waals surface area contributed by atoms with Crippen molar-refractivity contribution in [3.05, 3.63) is 53.7 Å². The summed E-state index contributed by atoms with van der Waals surface area (Å²) in [7, 11) is 0. The Bertz CT molecular complexity index is 1060. The van der Waals surface area contributed by atoms with Gasteiger partial charge in [-0.25, -0.2) is 18.6 Å². The van der Waals surface area contributed by atoms with Crippen LogP contribution < -0.4 is 10.6 Å². The van der Waals surface area contributed by atoms with Crippen LogP contribution >= 0.6 is 0 Å². The summed E-state index contributed by atoms with van der Waals surface area (Å²) >= 11 is 0. The minimum Gasteiger partial charge on any atom is -0.360 e. The minimum atomic E-state index is -1.02. The molecule has 6 nitrogen and oxygen atoms in total. The summed E-state index contributed by atoms with van der Waals surface area (Å²) in [6.07, 6.45) is 6.65. The molecule has 2 aromatic heterocycles. The summed E-state index contributed by atoms with van der Waals surface area (Å²) in [5.74, 6) is -1.15. The zero-order valence-electron chi connectivity index (χ0n) is 17.5. The molecule has 0 saturated carbocycles. The van der Waals surface area contributed by atoms with Crippen LogP contribution in [0.3, 0.4) is 0 Å². The number of carbonyl (C=O) groups excluding carboxylic acids is 1. The Balaban J connectivity index is 1.43. The third kappa shape index (κ3) is 5.02. The number of aromatic amines is 1. The monoisotopic (exact) mass is 427 g/mol. The van der Waals surface area contributed by atoms with Crippen LogP contribution in [0.5, 0.6) is 0 Å². The van der Waals surface area contributed by atoms with E-state index in [0.29, 0.717) is 11.7 Å². The highest BCUT2D eigenvalue weighted by Crippen LogP contribution is 2.33. The Hall–Kier alpha value is -3.00. The smallest absolute Gasteiger partial charge is 0.324 e. The molecule has 4 rings (SSSR count). The molecule has 1 aliphatic rings. The number of rotatable bonds is 6. The third-order valence-corrected chi connectivity index (χ3v) is 5.83. The largest absolute Gasteiger partial charge is 0.360 e. The summed E-state index contributed by atoms with van der Waals surface area (Å²) in [6.45, 7) is 5.56. The zero-order chi connectivity index (χ0) is 21.8. The molecule has 0 unspecified atom stereocenters. The lowest BCUT2D eigenvalue weighted by Crippen LogP contribution is -2.33. The number of aromatic nitrogens is 2. The SMILES string of the molecule is CCCCN1CCC(c2c[nH]c3ccc(NC(=O)Nc4ccc(F)c(F)c4)nc23)CC1. The van der Waals surface area contributed by atoms with Crippen LogP contribution in [-0.2, 0) is 0 Å². The number of pyridine rings is 1. The molecule has 3 heterocycles.